The van der Waals surface area contributed by atoms with Crippen LogP contribution < -0.4 is 9.47 Å². The number of carbonyl (C=O) groups is 1. The molecule has 0 amide bonds. The topological polar surface area (TPSA) is 57.2 Å². The lowest BCUT2D eigenvalue weighted by Gasteiger charge is -2.32. The van der Waals surface area contributed by atoms with E-state index in [4.69, 9.17) is 18.9 Å². The molecule has 0 radical (unpaired) electrons. The summed E-state index contributed by atoms with van der Waals surface area (Å²) in [6.45, 7) is 6.03. The summed E-state index contributed by atoms with van der Waals surface area (Å²) >= 11 is 0. The highest BCUT2D eigenvalue weighted by Crippen LogP contribution is 2.43. The molecule has 4 rings (SSSR count). The number of allylic oxidation sites excluding steroid dienone is 1. The maximum Gasteiger partial charge on any atom is 0.337 e. The number of piperidine rings is 1. The Kier molecular flexibility index (Phi) is 16.7. The van der Waals surface area contributed by atoms with Gasteiger partial charge in [-0.3, -0.25) is 4.90 Å². The molecule has 2 aliphatic rings. The van der Waals surface area contributed by atoms with Crippen LogP contribution in [0.15, 0.2) is 48.0 Å². The van der Waals surface area contributed by atoms with Gasteiger partial charge in [0.2, 0.25) is 0 Å². The lowest BCUT2D eigenvalue weighted by atomic mass is 9.89. The Bertz CT molecular complexity index is 1220. The van der Waals surface area contributed by atoms with Gasteiger partial charge in [-0.05, 0) is 79.9 Å². The van der Waals surface area contributed by atoms with Crippen LogP contribution in [0, 0.1) is 5.92 Å². The van der Waals surface area contributed by atoms with Crippen molar-refractivity contribution >= 4 is 11.7 Å². The first-order valence-electron chi connectivity index (χ1n) is 18.6. The van der Waals surface area contributed by atoms with E-state index in [2.05, 4.69) is 42.2 Å². The Morgan fingerprint density at radius 2 is 1.38 bits per heavy atom. The first-order chi connectivity index (χ1) is 23.1. The number of hydrogen-bond donors (Lipinski definition) is 0. The zero-order valence-corrected chi connectivity index (χ0v) is 29.7. The highest BCUT2D eigenvalue weighted by atomic mass is 16.6. The number of esters is 1. The fourth-order valence-corrected chi connectivity index (χ4v) is 7.13. The Morgan fingerprint density at radius 3 is 2.00 bits per heavy atom. The average Bonchev–Trinajstić information content (AvgIpc) is 3.41. The van der Waals surface area contributed by atoms with Crippen molar-refractivity contribution in [3.05, 3.63) is 64.7 Å². The van der Waals surface area contributed by atoms with E-state index in [9.17, 15) is 4.79 Å². The molecule has 0 spiro atoms. The maximum absolute atomic E-state index is 13.0. The van der Waals surface area contributed by atoms with Crippen LogP contribution in [0.3, 0.4) is 0 Å². The first kappa shape index (κ1) is 37.0. The molecule has 0 N–H and O–H groups in total. The van der Waals surface area contributed by atoms with E-state index in [1.807, 2.05) is 12.1 Å². The highest BCUT2D eigenvalue weighted by molar-refractivity contribution is 5.84. The van der Waals surface area contributed by atoms with Crippen LogP contribution in [-0.4, -0.2) is 51.4 Å². The largest absolute Gasteiger partial charge is 0.493 e. The molecule has 0 unspecified atom stereocenters. The highest BCUT2D eigenvalue weighted by Gasteiger charge is 2.30. The monoisotopic (exact) mass is 647 g/mol. The number of fused-ring (bicyclic) bond motifs is 1. The standard InChI is InChI=1S/C41H61NO5/c1-4-5-6-7-8-9-10-11-12-13-14-15-19-26-46-32-40(43)47-41-36(28-35-29-38(44-2)39(45-3)30-37(35)41)27-33-22-24-42(25-23-33)31-34-20-17-16-18-21-34/h16-18,20-21,29-30,33H,4-15,19,22-28,31-32H2,1-3H3. The molecule has 2 aromatic rings. The van der Waals surface area contributed by atoms with Gasteiger partial charge in [-0.2, -0.15) is 0 Å². The molecule has 47 heavy (non-hydrogen) atoms. The molecule has 260 valence electrons. The van der Waals surface area contributed by atoms with Crippen LogP contribution in [0.5, 0.6) is 11.5 Å². The van der Waals surface area contributed by atoms with Crippen LogP contribution in [0.25, 0.3) is 5.76 Å². The second-order valence-corrected chi connectivity index (χ2v) is 13.7. The summed E-state index contributed by atoms with van der Waals surface area (Å²) in [5.74, 6) is 2.29. The van der Waals surface area contributed by atoms with Crippen LogP contribution in [0.1, 0.15) is 126 Å². The lowest BCUT2D eigenvalue weighted by molar-refractivity contribution is -0.141. The van der Waals surface area contributed by atoms with Gasteiger partial charge in [0, 0.05) is 18.7 Å². The Labute approximate surface area is 285 Å². The van der Waals surface area contributed by atoms with Crippen molar-refractivity contribution in [2.45, 2.75) is 123 Å². The number of hydrogen-bond acceptors (Lipinski definition) is 6. The van der Waals surface area contributed by atoms with Crippen LogP contribution in [0.4, 0.5) is 0 Å². The second kappa shape index (κ2) is 21.2. The summed E-state index contributed by atoms with van der Waals surface area (Å²) in [4.78, 5) is 15.6. The fraction of sp³-hybridized carbons (Fsp3) is 0.634. The third-order valence-corrected chi connectivity index (χ3v) is 9.90. The van der Waals surface area contributed by atoms with Crippen LogP contribution in [-0.2, 0) is 27.2 Å². The van der Waals surface area contributed by atoms with E-state index < -0.39 is 0 Å². The zero-order chi connectivity index (χ0) is 33.1. The van der Waals surface area contributed by atoms with Crippen molar-refractivity contribution < 1.29 is 23.7 Å². The third kappa shape index (κ3) is 12.6. The molecule has 0 aromatic heterocycles. The number of likely N-dealkylation sites (tertiary alicyclic amines) is 1. The van der Waals surface area contributed by atoms with Crippen molar-refractivity contribution in [3.8, 4) is 11.5 Å². The Hall–Kier alpha value is -2.83. The molecule has 0 saturated carbocycles. The molecule has 1 heterocycles. The van der Waals surface area contributed by atoms with Gasteiger partial charge in [0.05, 0.1) is 14.2 Å². The normalized spacial score (nSPS) is 15.2. The molecule has 2 aromatic carbocycles. The van der Waals surface area contributed by atoms with Crippen molar-refractivity contribution in [2.24, 2.45) is 5.92 Å². The summed E-state index contributed by atoms with van der Waals surface area (Å²) in [5.41, 5.74) is 4.62. The zero-order valence-electron chi connectivity index (χ0n) is 29.7. The minimum absolute atomic E-state index is 0.0183. The van der Waals surface area contributed by atoms with Gasteiger partial charge >= 0.3 is 5.97 Å². The van der Waals surface area contributed by atoms with Gasteiger partial charge in [-0.1, -0.05) is 114 Å². The minimum Gasteiger partial charge on any atom is -0.493 e. The quantitative estimate of drug-likeness (QED) is 0.0884. The van der Waals surface area contributed by atoms with E-state index in [1.165, 1.54) is 81.8 Å². The summed E-state index contributed by atoms with van der Waals surface area (Å²) in [6, 6.07) is 14.7. The molecular weight excluding hydrogens is 586 g/mol. The van der Waals surface area contributed by atoms with Crippen molar-refractivity contribution in [3.63, 3.8) is 0 Å². The minimum atomic E-state index is -0.326. The van der Waals surface area contributed by atoms with Gasteiger partial charge in [0.1, 0.15) is 12.4 Å². The van der Waals surface area contributed by atoms with Gasteiger partial charge in [-0.25, -0.2) is 4.79 Å². The van der Waals surface area contributed by atoms with E-state index >= 15 is 0 Å². The van der Waals surface area contributed by atoms with E-state index in [0.29, 0.717) is 29.8 Å². The van der Waals surface area contributed by atoms with Crippen LogP contribution >= 0.6 is 0 Å². The molecule has 0 bridgehead atoms. The number of benzene rings is 2. The van der Waals surface area contributed by atoms with Gasteiger partial charge in [0.15, 0.2) is 11.5 Å². The maximum atomic E-state index is 13.0. The second-order valence-electron chi connectivity index (χ2n) is 13.7. The molecular formula is C41H61NO5. The van der Waals surface area contributed by atoms with Gasteiger partial charge < -0.3 is 18.9 Å². The SMILES string of the molecule is CCCCCCCCCCCCCCCOCC(=O)OC1=C(CC2CCN(Cc3ccccc3)CC2)Cc2cc(OC)c(OC)cc21. The van der Waals surface area contributed by atoms with E-state index in [0.717, 1.165) is 69.3 Å². The molecule has 1 saturated heterocycles. The van der Waals surface area contributed by atoms with Crippen LogP contribution in [0.2, 0.25) is 0 Å². The lowest BCUT2D eigenvalue weighted by Crippen LogP contribution is -2.33. The molecule has 6 nitrogen and oxygen atoms in total. The first-order valence-corrected chi connectivity index (χ1v) is 18.6. The van der Waals surface area contributed by atoms with E-state index in [1.54, 1.807) is 14.2 Å². The number of nitrogens with zero attached hydrogens (tertiary/aromatic N) is 1. The smallest absolute Gasteiger partial charge is 0.337 e. The number of methoxy groups -OCH3 is 2. The van der Waals surface area contributed by atoms with Crippen molar-refractivity contribution in [2.75, 3.05) is 40.5 Å². The molecule has 0 atom stereocenters. The van der Waals surface area contributed by atoms with Gasteiger partial charge in [-0.15, -0.1) is 0 Å². The number of carbonyl (C=O) groups excluding carboxylic acids is 1. The molecule has 1 aliphatic carbocycles. The number of rotatable bonds is 23. The Balaban J connectivity index is 1.19. The predicted molar refractivity (Wildman–Crippen MR) is 192 cm³/mol. The summed E-state index contributed by atoms with van der Waals surface area (Å²) in [5, 5.41) is 0. The fourth-order valence-electron chi connectivity index (χ4n) is 7.13. The molecule has 1 aliphatic heterocycles. The Morgan fingerprint density at radius 1 is 0.787 bits per heavy atom. The third-order valence-electron chi connectivity index (χ3n) is 9.90. The average molecular weight is 648 g/mol. The van der Waals surface area contributed by atoms with E-state index in [-0.39, 0.29) is 12.6 Å². The molecule has 6 heteroatoms. The van der Waals surface area contributed by atoms with Gasteiger partial charge in [0.25, 0.3) is 0 Å². The summed E-state index contributed by atoms with van der Waals surface area (Å²) in [7, 11) is 3.30. The van der Waals surface area contributed by atoms with Crippen molar-refractivity contribution in [1.29, 1.82) is 0 Å². The predicted octanol–water partition coefficient (Wildman–Crippen LogP) is 9.92. The number of unbranched alkanes of at least 4 members (excludes halogenated alkanes) is 12. The van der Waals surface area contributed by atoms with Crippen molar-refractivity contribution in [1.82, 2.24) is 4.90 Å². The summed E-state index contributed by atoms with van der Waals surface area (Å²) in [6.07, 6.45) is 21.1. The molecule has 1 fully saturated rings. The number of ether oxygens (including phenoxy) is 4. The summed E-state index contributed by atoms with van der Waals surface area (Å²) < 4.78 is 23.1.